The van der Waals surface area contributed by atoms with E-state index in [0.29, 0.717) is 28.2 Å². The topological polar surface area (TPSA) is 114 Å². The van der Waals surface area contributed by atoms with E-state index in [4.69, 9.17) is 19.9 Å². The summed E-state index contributed by atoms with van der Waals surface area (Å²) in [5, 5.41) is 19.0. The third kappa shape index (κ3) is 4.52. The summed E-state index contributed by atoms with van der Waals surface area (Å²) in [5.74, 6) is 0.409. The van der Waals surface area contributed by atoms with Crippen molar-refractivity contribution in [2.45, 2.75) is 18.7 Å². The summed E-state index contributed by atoms with van der Waals surface area (Å²) in [6.45, 7) is -1.73. The number of hydrogen-bond donors (Lipinski definition) is 3. The number of anilines is 1. The summed E-state index contributed by atoms with van der Waals surface area (Å²) >= 11 is 0. The predicted octanol–water partition coefficient (Wildman–Crippen LogP) is 2.00. The molecule has 8 nitrogen and oxygen atoms in total. The highest BCUT2D eigenvalue weighted by Gasteiger charge is 2.61. The maximum Gasteiger partial charge on any atom is 0.272 e. The lowest BCUT2D eigenvalue weighted by atomic mass is 10.1. The summed E-state index contributed by atoms with van der Waals surface area (Å²) in [4.78, 5) is 13.2. The standard InChI is InChI=1S/C22H24F2N2O6/c1-30-18-8-14(9-19(31-2)15(18)10-27)4-3-13-5-6-17(32-11-20(23)24)16(7-13)26-21(29)22(26,25)12-28/h3-9,20,27-28H,10-12,25H2,1-2H3/b4-3-. The largest absolute Gasteiger partial charge is 0.496 e. The molecular formula is C22H24F2N2O6. The van der Waals surface area contributed by atoms with Crippen molar-refractivity contribution in [1.82, 2.24) is 0 Å². The molecule has 0 bridgehead atoms. The lowest BCUT2D eigenvalue weighted by molar-refractivity contribution is -0.111. The minimum absolute atomic E-state index is 0.0483. The first-order valence-corrected chi connectivity index (χ1v) is 9.62. The second-order valence-corrected chi connectivity index (χ2v) is 7.05. The Labute approximate surface area is 183 Å². The van der Waals surface area contributed by atoms with Crippen LogP contribution in [0.3, 0.4) is 0 Å². The van der Waals surface area contributed by atoms with Gasteiger partial charge in [0, 0.05) is 0 Å². The number of carbonyl (C=O) groups excluding carboxylic acids is 1. The van der Waals surface area contributed by atoms with Gasteiger partial charge in [-0.05, 0) is 35.4 Å². The second kappa shape index (κ2) is 9.51. The number of amides is 1. The highest BCUT2D eigenvalue weighted by atomic mass is 19.3. The van der Waals surface area contributed by atoms with Crippen LogP contribution in [0, 0.1) is 0 Å². The van der Waals surface area contributed by atoms with Crippen LogP contribution in [0.5, 0.6) is 17.2 Å². The fraction of sp³-hybridized carbons (Fsp3) is 0.318. The number of carbonyl (C=O) groups is 1. The Morgan fingerprint density at radius 1 is 1.06 bits per heavy atom. The average molecular weight is 450 g/mol. The molecule has 4 N–H and O–H groups in total. The molecule has 0 radical (unpaired) electrons. The van der Waals surface area contributed by atoms with Crippen molar-refractivity contribution in [3.05, 3.63) is 47.0 Å². The molecule has 1 fully saturated rings. The van der Waals surface area contributed by atoms with E-state index in [1.165, 1.54) is 20.3 Å². The zero-order chi connectivity index (χ0) is 23.5. The number of aliphatic hydroxyl groups excluding tert-OH is 2. The molecule has 172 valence electrons. The number of methoxy groups -OCH3 is 2. The second-order valence-electron chi connectivity index (χ2n) is 7.05. The Bertz CT molecular complexity index is 1000. The molecule has 0 saturated carbocycles. The van der Waals surface area contributed by atoms with Gasteiger partial charge in [-0.25, -0.2) is 8.78 Å². The smallest absolute Gasteiger partial charge is 0.272 e. The number of alkyl halides is 2. The lowest BCUT2D eigenvalue weighted by Gasteiger charge is -2.15. The number of hydrogen-bond acceptors (Lipinski definition) is 7. The third-order valence-corrected chi connectivity index (χ3v) is 5.01. The first-order valence-electron chi connectivity index (χ1n) is 9.62. The van der Waals surface area contributed by atoms with Gasteiger partial charge in [-0.15, -0.1) is 0 Å². The number of aliphatic hydroxyl groups is 2. The van der Waals surface area contributed by atoms with Gasteiger partial charge in [0.05, 0.1) is 38.7 Å². The molecule has 1 saturated heterocycles. The molecule has 1 aliphatic heterocycles. The van der Waals surface area contributed by atoms with E-state index in [0.717, 1.165) is 4.90 Å². The van der Waals surface area contributed by atoms with Gasteiger partial charge in [-0.3, -0.25) is 15.4 Å². The number of nitrogens with zero attached hydrogens (tertiary/aromatic N) is 1. The fourth-order valence-electron chi connectivity index (χ4n) is 3.27. The molecule has 3 rings (SSSR count). The Balaban J connectivity index is 1.95. The quantitative estimate of drug-likeness (QED) is 0.375. The van der Waals surface area contributed by atoms with Crippen molar-refractivity contribution in [1.29, 1.82) is 0 Å². The van der Waals surface area contributed by atoms with E-state index in [1.807, 2.05) is 0 Å². The minimum atomic E-state index is -2.69. The van der Waals surface area contributed by atoms with Crippen molar-refractivity contribution in [3.63, 3.8) is 0 Å². The minimum Gasteiger partial charge on any atom is -0.496 e. The molecule has 1 aliphatic rings. The first kappa shape index (κ1) is 23.5. The summed E-state index contributed by atoms with van der Waals surface area (Å²) in [6.07, 6.45) is 0.773. The van der Waals surface area contributed by atoms with Gasteiger partial charge < -0.3 is 24.4 Å². The number of rotatable bonds is 10. The Morgan fingerprint density at radius 2 is 1.69 bits per heavy atom. The first-order chi connectivity index (χ1) is 15.3. The molecule has 0 aliphatic carbocycles. The van der Waals surface area contributed by atoms with Crippen LogP contribution in [0.2, 0.25) is 0 Å². The lowest BCUT2D eigenvalue weighted by Crippen LogP contribution is -2.34. The summed E-state index contributed by atoms with van der Waals surface area (Å²) < 4.78 is 41.0. The maximum absolute atomic E-state index is 12.6. The molecule has 2 aromatic rings. The van der Waals surface area contributed by atoms with E-state index < -0.39 is 31.2 Å². The third-order valence-electron chi connectivity index (χ3n) is 5.01. The molecular weight excluding hydrogens is 426 g/mol. The van der Waals surface area contributed by atoms with Gasteiger partial charge in [-0.1, -0.05) is 18.2 Å². The molecule has 0 spiro atoms. The van der Waals surface area contributed by atoms with E-state index in [9.17, 15) is 23.8 Å². The zero-order valence-corrected chi connectivity index (χ0v) is 17.5. The molecule has 1 unspecified atom stereocenters. The predicted molar refractivity (Wildman–Crippen MR) is 114 cm³/mol. The highest BCUT2D eigenvalue weighted by Crippen LogP contribution is 2.42. The van der Waals surface area contributed by atoms with Crippen LogP contribution in [0.15, 0.2) is 30.3 Å². The Morgan fingerprint density at radius 3 is 2.19 bits per heavy atom. The monoisotopic (exact) mass is 450 g/mol. The van der Waals surface area contributed by atoms with E-state index in [-0.39, 0.29) is 18.0 Å². The van der Waals surface area contributed by atoms with Crippen LogP contribution in [0.4, 0.5) is 14.5 Å². The summed E-state index contributed by atoms with van der Waals surface area (Å²) in [6, 6.07) is 8.07. The van der Waals surface area contributed by atoms with Crippen LogP contribution in [0.1, 0.15) is 16.7 Å². The molecule has 0 aromatic heterocycles. The number of ether oxygens (including phenoxy) is 3. The van der Waals surface area contributed by atoms with Crippen molar-refractivity contribution in [3.8, 4) is 17.2 Å². The molecule has 32 heavy (non-hydrogen) atoms. The van der Waals surface area contributed by atoms with Gasteiger partial charge in [0.1, 0.15) is 23.9 Å². The van der Waals surface area contributed by atoms with Crippen LogP contribution >= 0.6 is 0 Å². The summed E-state index contributed by atoms with van der Waals surface area (Å²) in [7, 11) is 2.96. The van der Waals surface area contributed by atoms with Crippen LogP contribution in [-0.4, -0.2) is 55.6 Å². The van der Waals surface area contributed by atoms with Crippen LogP contribution in [0.25, 0.3) is 12.2 Å². The molecule has 1 atom stereocenters. The van der Waals surface area contributed by atoms with E-state index in [1.54, 1.807) is 36.4 Å². The number of halogens is 2. The van der Waals surface area contributed by atoms with Crippen LogP contribution < -0.4 is 24.8 Å². The maximum atomic E-state index is 12.6. The van der Waals surface area contributed by atoms with Gasteiger partial charge >= 0.3 is 0 Å². The molecule has 2 aromatic carbocycles. The van der Waals surface area contributed by atoms with Gasteiger partial charge in [-0.2, -0.15) is 0 Å². The number of benzene rings is 2. The van der Waals surface area contributed by atoms with Crippen molar-refractivity contribution >= 4 is 23.7 Å². The van der Waals surface area contributed by atoms with Gasteiger partial charge in [0.2, 0.25) is 0 Å². The Hall–Kier alpha value is -3.21. The molecule has 10 heteroatoms. The van der Waals surface area contributed by atoms with Crippen molar-refractivity contribution in [2.75, 3.05) is 32.3 Å². The average Bonchev–Trinajstić information content (AvgIpc) is 3.35. The molecule has 1 heterocycles. The van der Waals surface area contributed by atoms with Gasteiger partial charge in [0.15, 0.2) is 5.66 Å². The summed E-state index contributed by atoms with van der Waals surface area (Å²) in [5.41, 5.74) is 6.27. The van der Waals surface area contributed by atoms with E-state index in [2.05, 4.69) is 0 Å². The fourth-order valence-corrected chi connectivity index (χ4v) is 3.27. The van der Waals surface area contributed by atoms with E-state index >= 15 is 0 Å². The zero-order valence-electron chi connectivity index (χ0n) is 17.5. The van der Waals surface area contributed by atoms with Crippen molar-refractivity contribution < 1.29 is 38.0 Å². The molecule has 1 amide bonds. The Kier molecular flexibility index (Phi) is 6.97. The highest BCUT2D eigenvalue weighted by molar-refractivity contribution is 6.20. The van der Waals surface area contributed by atoms with Gasteiger partial charge in [0.25, 0.3) is 12.3 Å². The normalized spacial score (nSPS) is 17.9. The number of nitrogens with two attached hydrogens (primary N) is 1. The van der Waals surface area contributed by atoms with Crippen molar-refractivity contribution in [2.24, 2.45) is 5.73 Å². The SMILES string of the molecule is COc1cc(/C=C\c2ccc(OCC(F)F)c(N3C(=O)C3(N)CO)c2)cc(OC)c1CO. The van der Waals surface area contributed by atoms with Crippen LogP contribution in [-0.2, 0) is 11.4 Å².